The molecule has 3 aromatic rings. The zero-order valence-electron chi connectivity index (χ0n) is 18.2. The van der Waals surface area contributed by atoms with Crippen molar-refractivity contribution in [3.8, 4) is 17.5 Å². The van der Waals surface area contributed by atoms with Gasteiger partial charge in [-0.1, -0.05) is 0 Å². The number of anilines is 1. The SMILES string of the molecule is COc1ccc2nccc(NC(=O)[C@@H]3CC[C@@H](NCc4ccc5c(n4)OCCO5)CO3)c2n1. The van der Waals surface area contributed by atoms with Crippen LogP contribution in [-0.4, -0.2) is 59.9 Å². The number of fused-ring (bicyclic) bond motifs is 2. The van der Waals surface area contributed by atoms with Crippen molar-refractivity contribution >= 4 is 22.6 Å². The van der Waals surface area contributed by atoms with Gasteiger partial charge in [0.1, 0.15) is 24.8 Å². The number of carbonyl (C=O) groups is 1. The van der Waals surface area contributed by atoms with Crippen molar-refractivity contribution in [2.24, 2.45) is 0 Å². The summed E-state index contributed by atoms with van der Waals surface area (Å²) >= 11 is 0. The minimum absolute atomic E-state index is 0.136. The maximum Gasteiger partial charge on any atom is 0.257 e. The Balaban J connectivity index is 1.14. The molecule has 0 radical (unpaired) electrons. The summed E-state index contributed by atoms with van der Waals surface area (Å²) in [5.74, 6) is 1.48. The van der Waals surface area contributed by atoms with E-state index < -0.39 is 6.10 Å². The molecule has 10 nitrogen and oxygen atoms in total. The molecule has 2 atom stereocenters. The van der Waals surface area contributed by atoms with E-state index in [-0.39, 0.29) is 11.9 Å². The number of amides is 1. The van der Waals surface area contributed by atoms with Crippen LogP contribution in [-0.2, 0) is 16.1 Å². The number of hydrogen-bond acceptors (Lipinski definition) is 9. The van der Waals surface area contributed by atoms with Crippen LogP contribution in [0.4, 0.5) is 5.69 Å². The van der Waals surface area contributed by atoms with Gasteiger partial charge in [0.15, 0.2) is 5.75 Å². The second-order valence-corrected chi connectivity index (χ2v) is 7.85. The number of hydrogen-bond donors (Lipinski definition) is 2. The van der Waals surface area contributed by atoms with Gasteiger partial charge in [0.2, 0.25) is 5.88 Å². The lowest BCUT2D eigenvalue weighted by Gasteiger charge is -2.29. The highest BCUT2D eigenvalue weighted by atomic mass is 16.6. The van der Waals surface area contributed by atoms with Crippen molar-refractivity contribution in [2.75, 3.05) is 32.2 Å². The van der Waals surface area contributed by atoms with Gasteiger partial charge in [0.25, 0.3) is 11.8 Å². The van der Waals surface area contributed by atoms with Crippen molar-refractivity contribution in [2.45, 2.75) is 31.5 Å². The summed E-state index contributed by atoms with van der Waals surface area (Å²) in [5.41, 5.74) is 2.70. The van der Waals surface area contributed by atoms with Crippen LogP contribution in [0.2, 0.25) is 0 Å². The molecular weight excluding hydrogens is 426 g/mol. The molecule has 0 unspecified atom stereocenters. The first-order valence-electron chi connectivity index (χ1n) is 10.9. The number of nitrogens with one attached hydrogen (secondary N) is 2. The highest BCUT2D eigenvalue weighted by molar-refractivity contribution is 6.01. The quantitative estimate of drug-likeness (QED) is 0.581. The summed E-state index contributed by atoms with van der Waals surface area (Å²) in [6.07, 6.45) is 2.54. The summed E-state index contributed by atoms with van der Waals surface area (Å²) in [7, 11) is 1.55. The molecule has 172 valence electrons. The van der Waals surface area contributed by atoms with E-state index in [0.29, 0.717) is 67.0 Å². The Bertz CT molecular complexity index is 1150. The summed E-state index contributed by atoms with van der Waals surface area (Å²) < 4.78 is 22.1. The Morgan fingerprint density at radius 3 is 2.88 bits per heavy atom. The molecule has 1 saturated heterocycles. The van der Waals surface area contributed by atoms with Gasteiger partial charge in [-0.3, -0.25) is 9.78 Å². The van der Waals surface area contributed by atoms with Gasteiger partial charge < -0.3 is 29.6 Å². The summed E-state index contributed by atoms with van der Waals surface area (Å²) in [5, 5.41) is 6.37. The number of pyridine rings is 3. The lowest BCUT2D eigenvalue weighted by molar-refractivity contribution is -0.131. The van der Waals surface area contributed by atoms with Gasteiger partial charge in [0, 0.05) is 24.8 Å². The highest BCUT2D eigenvalue weighted by Gasteiger charge is 2.27. The second kappa shape index (κ2) is 9.55. The first kappa shape index (κ1) is 21.4. The monoisotopic (exact) mass is 451 g/mol. The predicted molar refractivity (Wildman–Crippen MR) is 120 cm³/mol. The van der Waals surface area contributed by atoms with Crippen molar-refractivity contribution < 1.29 is 23.7 Å². The van der Waals surface area contributed by atoms with E-state index in [1.165, 1.54) is 0 Å². The molecule has 1 fully saturated rings. The number of rotatable bonds is 6. The Kier molecular flexibility index (Phi) is 6.18. The van der Waals surface area contributed by atoms with Gasteiger partial charge in [-0.2, -0.15) is 0 Å². The Hall–Kier alpha value is -3.50. The number of aromatic nitrogens is 3. The van der Waals surface area contributed by atoms with Crippen molar-refractivity contribution in [1.29, 1.82) is 0 Å². The summed E-state index contributed by atoms with van der Waals surface area (Å²) in [4.78, 5) is 26.0. The van der Waals surface area contributed by atoms with Gasteiger partial charge >= 0.3 is 0 Å². The van der Waals surface area contributed by atoms with E-state index in [1.807, 2.05) is 12.1 Å². The maximum atomic E-state index is 12.8. The fourth-order valence-corrected chi connectivity index (χ4v) is 3.87. The standard InChI is InChI=1S/C23H25N5O5/c1-30-20-7-4-16-21(28-20)17(8-9-24-16)27-22(29)18-5-3-15(13-33-18)25-12-14-2-6-19-23(26-14)32-11-10-31-19/h2,4,6-9,15,18,25H,3,5,10-13H2,1H3,(H,24,27,29)/t15-,18+/m1/s1. The van der Waals surface area contributed by atoms with Gasteiger partial charge in [-0.05, 0) is 37.1 Å². The van der Waals surface area contributed by atoms with E-state index in [1.54, 1.807) is 31.5 Å². The third kappa shape index (κ3) is 4.81. The van der Waals surface area contributed by atoms with Crippen LogP contribution in [0.25, 0.3) is 11.0 Å². The van der Waals surface area contributed by atoms with Crippen LogP contribution in [0.5, 0.6) is 17.5 Å². The number of carbonyl (C=O) groups excluding carboxylic acids is 1. The molecule has 2 N–H and O–H groups in total. The zero-order valence-corrected chi connectivity index (χ0v) is 18.2. The normalized spacial score (nSPS) is 19.8. The molecule has 0 aliphatic carbocycles. The van der Waals surface area contributed by atoms with E-state index in [0.717, 1.165) is 12.1 Å². The van der Waals surface area contributed by atoms with Crippen molar-refractivity contribution in [1.82, 2.24) is 20.3 Å². The second-order valence-electron chi connectivity index (χ2n) is 7.85. The van der Waals surface area contributed by atoms with Gasteiger partial charge in [-0.25, -0.2) is 9.97 Å². The smallest absolute Gasteiger partial charge is 0.257 e. The maximum absolute atomic E-state index is 12.8. The van der Waals surface area contributed by atoms with Gasteiger partial charge in [-0.15, -0.1) is 0 Å². The molecule has 1 amide bonds. The van der Waals surface area contributed by atoms with Crippen LogP contribution in [0.1, 0.15) is 18.5 Å². The molecule has 5 heterocycles. The number of ether oxygens (including phenoxy) is 4. The van der Waals surface area contributed by atoms with Crippen LogP contribution in [0, 0.1) is 0 Å². The predicted octanol–water partition coefficient (Wildman–Crippen LogP) is 2.08. The van der Waals surface area contributed by atoms with Crippen LogP contribution in [0.3, 0.4) is 0 Å². The molecule has 33 heavy (non-hydrogen) atoms. The third-order valence-corrected chi connectivity index (χ3v) is 5.63. The Morgan fingerprint density at radius 2 is 2.03 bits per heavy atom. The fourth-order valence-electron chi connectivity index (χ4n) is 3.87. The Morgan fingerprint density at radius 1 is 1.12 bits per heavy atom. The van der Waals surface area contributed by atoms with E-state index in [9.17, 15) is 4.79 Å². The minimum Gasteiger partial charge on any atom is -0.484 e. The van der Waals surface area contributed by atoms with Crippen LogP contribution < -0.4 is 24.8 Å². The average Bonchev–Trinajstić information content (AvgIpc) is 2.87. The summed E-state index contributed by atoms with van der Waals surface area (Å²) in [6.45, 7) is 2.07. The molecule has 10 heteroatoms. The van der Waals surface area contributed by atoms with E-state index in [4.69, 9.17) is 18.9 Å². The first-order valence-corrected chi connectivity index (χ1v) is 10.9. The highest BCUT2D eigenvalue weighted by Crippen LogP contribution is 2.28. The molecule has 0 aromatic carbocycles. The average molecular weight is 451 g/mol. The van der Waals surface area contributed by atoms with Crippen LogP contribution >= 0.6 is 0 Å². The van der Waals surface area contributed by atoms with Crippen molar-refractivity contribution in [3.05, 3.63) is 42.2 Å². The zero-order chi connectivity index (χ0) is 22.6. The topological polar surface area (TPSA) is 117 Å². The molecular formula is C23H25N5O5. The largest absolute Gasteiger partial charge is 0.484 e. The molecule has 2 aliphatic heterocycles. The molecule has 3 aromatic heterocycles. The lowest BCUT2D eigenvalue weighted by Crippen LogP contribution is -2.43. The van der Waals surface area contributed by atoms with Gasteiger partial charge in [0.05, 0.1) is 30.6 Å². The molecule has 0 bridgehead atoms. The van der Waals surface area contributed by atoms with E-state index in [2.05, 4.69) is 25.6 Å². The third-order valence-electron chi connectivity index (χ3n) is 5.63. The molecule has 0 spiro atoms. The Labute approximate surface area is 190 Å². The molecule has 2 aliphatic rings. The number of nitrogens with zero attached hydrogens (tertiary/aromatic N) is 3. The minimum atomic E-state index is -0.524. The number of methoxy groups -OCH3 is 1. The van der Waals surface area contributed by atoms with Crippen LogP contribution in [0.15, 0.2) is 36.5 Å². The summed E-state index contributed by atoms with van der Waals surface area (Å²) in [6, 6.07) is 9.20. The first-order chi connectivity index (χ1) is 16.2. The van der Waals surface area contributed by atoms with Crippen molar-refractivity contribution in [3.63, 3.8) is 0 Å². The molecule has 5 rings (SSSR count). The fraction of sp³-hybridized carbons (Fsp3) is 0.391. The lowest BCUT2D eigenvalue weighted by atomic mass is 10.0. The van der Waals surface area contributed by atoms with E-state index >= 15 is 0 Å². The molecule has 0 saturated carbocycles.